The molecule has 0 N–H and O–H groups in total. The van der Waals surface area contributed by atoms with E-state index in [1.54, 1.807) is 11.4 Å². The van der Waals surface area contributed by atoms with Gasteiger partial charge in [0.05, 0.1) is 17.6 Å². The number of ether oxygens (including phenoxy) is 1. The molecule has 1 aromatic carbocycles. The van der Waals surface area contributed by atoms with Crippen LogP contribution < -0.4 is 0 Å². The van der Waals surface area contributed by atoms with Gasteiger partial charge in [-0.2, -0.15) is 9.50 Å². The summed E-state index contributed by atoms with van der Waals surface area (Å²) in [5.74, 6) is 1.07. The Morgan fingerprint density at radius 2 is 2.05 bits per heavy atom. The molecule has 3 aromatic rings. The highest BCUT2D eigenvalue weighted by Gasteiger charge is 2.16. The number of aromatic nitrogens is 4. The first-order valence-corrected chi connectivity index (χ1v) is 6.17. The minimum atomic E-state index is -0.272. The molecule has 2 heterocycles. The standard InChI is InChI=1S/C13H14N4O2/c1-3-19-12(18)8-16-10-6-4-5-7-11(10)17-13(16)14-9(2)15-17/h4-7H,3,8H2,1-2H3. The van der Waals surface area contributed by atoms with Gasteiger partial charge >= 0.3 is 5.97 Å². The molecule has 2 aromatic heterocycles. The molecule has 0 fully saturated rings. The Balaban J connectivity index is 2.20. The van der Waals surface area contributed by atoms with Crippen LogP contribution in [0.3, 0.4) is 0 Å². The molecular weight excluding hydrogens is 244 g/mol. The van der Waals surface area contributed by atoms with Gasteiger partial charge in [-0.1, -0.05) is 12.1 Å². The quantitative estimate of drug-likeness (QED) is 0.669. The Labute approximate surface area is 109 Å². The van der Waals surface area contributed by atoms with E-state index in [1.807, 2.05) is 35.8 Å². The molecule has 0 aliphatic rings. The van der Waals surface area contributed by atoms with Crippen LogP contribution in [0.25, 0.3) is 16.8 Å². The summed E-state index contributed by atoms with van der Waals surface area (Å²) in [4.78, 5) is 16.1. The van der Waals surface area contributed by atoms with Gasteiger partial charge < -0.3 is 4.74 Å². The lowest BCUT2D eigenvalue weighted by atomic mass is 10.3. The molecule has 0 bridgehead atoms. The number of fused-ring (bicyclic) bond motifs is 3. The lowest BCUT2D eigenvalue weighted by Crippen LogP contribution is -2.13. The minimum Gasteiger partial charge on any atom is -0.465 e. The number of imidazole rings is 1. The van der Waals surface area contributed by atoms with E-state index in [0.717, 1.165) is 11.0 Å². The van der Waals surface area contributed by atoms with E-state index >= 15 is 0 Å². The second-order valence-corrected chi connectivity index (χ2v) is 4.25. The van der Waals surface area contributed by atoms with Gasteiger partial charge in [0, 0.05) is 0 Å². The summed E-state index contributed by atoms with van der Waals surface area (Å²) in [5.41, 5.74) is 1.85. The molecule has 0 aliphatic heterocycles. The van der Waals surface area contributed by atoms with Gasteiger partial charge in [0.2, 0.25) is 5.78 Å². The lowest BCUT2D eigenvalue weighted by molar-refractivity contribution is -0.143. The van der Waals surface area contributed by atoms with E-state index in [4.69, 9.17) is 4.74 Å². The monoisotopic (exact) mass is 258 g/mol. The molecule has 0 atom stereocenters. The van der Waals surface area contributed by atoms with Crippen molar-refractivity contribution in [3.63, 3.8) is 0 Å². The first-order chi connectivity index (χ1) is 9.20. The highest BCUT2D eigenvalue weighted by atomic mass is 16.5. The predicted molar refractivity (Wildman–Crippen MR) is 69.9 cm³/mol. The second kappa shape index (κ2) is 4.38. The Kier molecular flexibility index (Phi) is 2.70. The molecule has 0 saturated heterocycles. The first kappa shape index (κ1) is 11.7. The van der Waals surface area contributed by atoms with Crippen molar-refractivity contribution in [3.05, 3.63) is 30.1 Å². The predicted octanol–water partition coefficient (Wildman–Crippen LogP) is 1.56. The maximum atomic E-state index is 11.7. The number of hydrogen-bond acceptors (Lipinski definition) is 4. The molecule has 0 spiro atoms. The van der Waals surface area contributed by atoms with Crippen molar-refractivity contribution >= 4 is 22.8 Å². The van der Waals surface area contributed by atoms with Crippen molar-refractivity contribution in [2.24, 2.45) is 0 Å². The van der Waals surface area contributed by atoms with Gasteiger partial charge in [0.25, 0.3) is 0 Å². The largest absolute Gasteiger partial charge is 0.465 e. The van der Waals surface area contributed by atoms with Crippen LogP contribution in [0.5, 0.6) is 0 Å². The second-order valence-electron chi connectivity index (χ2n) is 4.25. The molecule has 3 rings (SSSR count). The molecule has 6 heteroatoms. The lowest BCUT2D eigenvalue weighted by Gasteiger charge is -2.04. The Morgan fingerprint density at radius 1 is 1.32 bits per heavy atom. The average molecular weight is 258 g/mol. The van der Waals surface area contributed by atoms with Gasteiger partial charge in [-0.3, -0.25) is 9.36 Å². The van der Waals surface area contributed by atoms with Crippen molar-refractivity contribution in [1.29, 1.82) is 0 Å². The number of carbonyl (C=O) groups is 1. The van der Waals surface area contributed by atoms with Crippen LogP contribution in [-0.2, 0) is 16.1 Å². The van der Waals surface area contributed by atoms with Crippen LogP contribution in [0.4, 0.5) is 0 Å². The van der Waals surface area contributed by atoms with Gasteiger partial charge in [0.15, 0.2) is 0 Å². The van der Waals surface area contributed by atoms with E-state index < -0.39 is 0 Å². The Morgan fingerprint density at radius 3 is 2.79 bits per heavy atom. The summed E-state index contributed by atoms with van der Waals surface area (Å²) < 4.78 is 8.58. The highest BCUT2D eigenvalue weighted by molar-refractivity contribution is 5.82. The van der Waals surface area contributed by atoms with E-state index in [1.165, 1.54) is 0 Å². The third-order valence-electron chi connectivity index (χ3n) is 2.93. The van der Waals surface area contributed by atoms with Crippen LogP contribution in [0, 0.1) is 6.92 Å². The van der Waals surface area contributed by atoms with E-state index in [2.05, 4.69) is 10.1 Å². The summed E-state index contributed by atoms with van der Waals surface area (Å²) in [6.45, 7) is 4.14. The summed E-state index contributed by atoms with van der Waals surface area (Å²) in [5, 5.41) is 4.35. The molecule has 0 amide bonds. The SMILES string of the molecule is CCOC(=O)Cn1c2ccccc2n2nc(C)nc12. The van der Waals surface area contributed by atoms with E-state index in [9.17, 15) is 4.79 Å². The van der Waals surface area contributed by atoms with Crippen LogP contribution in [-0.4, -0.2) is 31.7 Å². The first-order valence-electron chi connectivity index (χ1n) is 6.17. The number of rotatable bonds is 3. The maximum Gasteiger partial charge on any atom is 0.326 e. The topological polar surface area (TPSA) is 61.4 Å². The van der Waals surface area contributed by atoms with E-state index in [0.29, 0.717) is 18.2 Å². The number of benzene rings is 1. The van der Waals surface area contributed by atoms with Crippen molar-refractivity contribution in [1.82, 2.24) is 19.2 Å². The fourth-order valence-electron chi connectivity index (χ4n) is 2.21. The number of para-hydroxylation sites is 2. The Bertz CT molecular complexity index is 757. The zero-order chi connectivity index (χ0) is 13.4. The number of aryl methyl sites for hydroxylation is 1. The highest BCUT2D eigenvalue weighted by Crippen LogP contribution is 2.19. The average Bonchev–Trinajstić information content (AvgIpc) is 2.88. The van der Waals surface area contributed by atoms with Crippen molar-refractivity contribution < 1.29 is 9.53 Å². The van der Waals surface area contributed by atoms with Gasteiger partial charge in [-0.15, -0.1) is 5.10 Å². The normalized spacial score (nSPS) is 11.3. The zero-order valence-corrected chi connectivity index (χ0v) is 10.8. The fourth-order valence-corrected chi connectivity index (χ4v) is 2.21. The number of carbonyl (C=O) groups excluding carboxylic acids is 1. The van der Waals surface area contributed by atoms with Crippen molar-refractivity contribution in [3.8, 4) is 0 Å². The Hall–Kier alpha value is -2.37. The summed E-state index contributed by atoms with van der Waals surface area (Å²) in [6, 6.07) is 7.77. The number of nitrogens with zero attached hydrogens (tertiary/aromatic N) is 4. The zero-order valence-electron chi connectivity index (χ0n) is 10.8. The third kappa shape index (κ3) is 1.85. The molecule has 0 unspecified atom stereocenters. The minimum absolute atomic E-state index is 0.142. The van der Waals surface area contributed by atoms with Crippen molar-refractivity contribution in [2.75, 3.05) is 6.61 Å². The van der Waals surface area contributed by atoms with Crippen molar-refractivity contribution in [2.45, 2.75) is 20.4 Å². The summed E-state index contributed by atoms with van der Waals surface area (Å²) in [7, 11) is 0. The van der Waals surface area contributed by atoms with E-state index in [-0.39, 0.29) is 12.5 Å². The third-order valence-corrected chi connectivity index (χ3v) is 2.93. The molecule has 6 nitrogen and oxygen atoms in total. The molecule has 98 valence electrons. The number of esters is 1. The van der Waals surface area contributed by atoms with Crippen LogP contribution in [0.2, 0.25) is 0 Å². The maximum absolute atomic E-state index is 11.7. The summed E-state index contributed by atoms with van der Waals surface area (Å²) >= 11 is 0. The smallest absolute Gasteiger partial charge is 0.326 e. The fraction of sp³-hybridized carbons (Fsp3) is 0.308. The molecule has 0 saturated carbocycles. The molecule has 19 heavy (non-hydrogen) atoms. The summed E-state index contributed by atoms with van der Waals surface area (Å²) in [6.07, 6.45) is 0. The van der Waals surface area contributed by atoms with Crippen LogP contribution in [0.15, 0.2) is 24.3 Å². The molecular formula is C13H14N4O2. The number of hydrogen-bond donors (Lipinski definition) is 0. The molecule has 0 radical (unpaired) electrons. The van der Waals surface area contributed by atoms with Gasteiger partial charge in [-0.05, 0) is 26.0 Å². The van der Waals surface area contributed by atoms with Gasteiger partial charge in [-0.25, -0.2) is 0 Å². The van der Waals surface area contributed by atoms with Crippen LogP contribution >= 0.6 is 0 Å². The van der Waals surface area contributed by atoms with Gasteiger partial charge in [0.1, 0.15) is 12.4 Å². The molecule has 0 aliphatic carbocycles. The van der Waals surface area contributed by atoms with Crippen LogP contribution in [0.1, 0.15) is 12.7 Å².